The number of ether oxygens (including phenoxy) is 2. The van der Waals surface area contributed by atoms with E-state index < -0.39 is 44.5 Å². The quantitative estimate of drug-likeness (QED) is 0.0998. The van der Waals surface area contributed by atoms with Crippen LogP contribution in [0.1, 0.15) is 33.4 Å². The molecule has 0 spiro atoms. The number of hydrogen-bond donors (Lipinski definition) is 4. The number of halogens is 2. The molecule has 49 heavy (non-hydrogen) atoms. The Morgan fingerprint density at radius 2 is 1.24 bits per heavy atom. The molecular weight excluding hydrogens is 804 g/mol. The summed E-state index contributed by atoms with van der Waals surface area (Å²) in [5.74, 6) is -2.82. The number of sulfonamides is 1. The van der Waals surface area contributed by atoms with E-state index in [-0.39, 0.29) is 13.1 Å². The lowest BCUT2D eigenvalue weighted by Gasteiger charge is -2.17. The van der Waals surface area contributed by atoms with Crippen molar-refractivity contribution in [3.63, 3.8) is 0 Å². The highest BCUT2D eigenvalue weighted by Gasteiger charge is 2.16. The van der Waals surface area contributed by atoms with Crippen molar-refractivity contribution in [2.45, 2.75) is 40.2 Å². The van der Waals surface area contributed by atoms with Crippen LogP contribution in [0, 0.1) is 13.8 Å². The minimum atomic E-state index is -3.94. The molecule has 4 N–H and O–H groups in total. The highest BCUT2D eigenvalue weighted by atomic mass is 79.9. The zero-order chi connectivity index (χ0) is 35.7. The van der Waals surface area contributed by atoms with Crippen molar-refractivity contribution in [2.24, 2.45) is 0 Å². The maximum atomic E-state index is 11.8. The first-order chi connectivity index (χ1) is 23.2. The van der Waals surface area contributed by atoms with Crippen molar-refractivity contribution in [2.75, 3.05) is 11.5 Å². The summed E-state index contributed by atoms with van der Waals surface area (Å²) in [6, 6.07) is 22.8. The van der Waals surface area contributed by atoms with Crippen LogP contribution in [-0.4, -0.2) is 46.3 Å². The van der Waals surface area contributed by atoms with Crippen molar-refractivity contribution in [1.82, 2.24) is 9.44 Å². The van der Waals surface area contributed by atoms with E-state index in [1.807, 2.05) is 49.4 Å². The molecule has 0 amide bonds. The molecule has 0 radical (unpaired) electrons. The third-order valence-corrected chi connectivity index (χ3v) is 10.9. The molecule has 260 valence electrons. The molecule has 11 nitrogen and oxygen atoms in total. The molecule has 0 aliphatic carbocycles. The Labute approximate surface area is 303 Å². The molecule has 4 aromatic carbocycles. The van der Waals surface area contributed by atoms with Crippen molar-refractivity contribution < 1.29 is 41.9 Å². The van der Waals surface area contributed by atoms with Crippen molar-refractivity contribution >= 4 is 64.8 Å². The average molecular weight is 839 g/mol. The lowest BCUT2D eigenvalue weighted by atomic mass is 9.92. The molecule has 4 aromatic rings. The van der Waals surface area contributed by atoms with E-state index in [4.69, 9.17) is 19.7 Å². The molecule has 4 rings (SSSR count). The monoisotopic (exact) mass is 836 g/mol. The van der Waals surface area contributed by atoms with Gasteiger partial charge in [0.2, 0.25) is 10.0 Å². The molecule has 0 bridgehead atoms. The summed E-state index contributed by atoms with van der Waals surface area (Å²) >= 11 is 7.02. The second-order valence-electron chi connectivity index (χ2n) is 11.0. The van der Waals surface area contributed by atoms with Crippen molar-refractivity contribution in [3.8, 4) is 22.6 Å². The lowest BCUT2D eigenvalue weighted by molar-refractivity contribution is -0.135. The van der Waals surface area contributed by atoms with E-state index in [1.54, 1.807) is 18.2 Å². The number of rotatable bonds is 17. The molecule has 0 aromatic heterocycles. The molecule has 15 heteroatoms. The van der Waals surface area contributed by atoms with Crippen LogP contribution in [0.4, 0.5) is 0 Å². The van der Waals surface area contributed by atoms with Gasteiger partial charge >= 0.3 is 11.9 Å². The van der Waals surface area contributed by atoms with Gasteiger partial charge < -0.3 is 19.7 Å². The standard InChI is InChI=1S/C34H34Br2N2O9S2/c1-21-25(17-46-31-11-9-23(13-29(31)35)15-37-48(43)19-33(39)40)5-3-7-27(21)28-8-4-6-26(22(28)2)18-47-32-12-10-24(14-30(32)36)16-38-49(44,45)20-34(41)42/h3-14,37-38H,15-20H2,1-2H3,(H,39,40)(H,41,42). The minimum Gasteiger partial charge on any atom is -0.488 e. The number of hydrogen-bond acceptors (Lipinski definition) is 7. The zero-order valence-electron chi connectivity index (χ0n) is 26.5. The summed E-state index contributed by atoms with van der Waals surface area (Å²) in [4.78, 5) is 21.5. The van der Waals surface area contributed by atoms with E-state index in [0.29, 0.717) is 34.7 Å². The van der Waals surface area contributed by atoms with Gasteiger partial charge in [0.1, 0.15) is 41.5 Å². The Hall–Kier alpha value is -3.60. The fourth-order valence-corrected chi connectivity index (χ4v) is 7.40. The molecule has 0 fully saturated rings. The number of carboxylic acids is 2. The Morgan fingerprint density at radius 1 is 0.755 bits per heavy atom. The van der Waals surface area contributed by atoms with Crippen LogP contribution in [-0.2, 0) is 56.9 Å². The van der Waals surface area contributed by atoms with E-state index in [9.17, 15) is 22.2 Å². The second kappa shape index (κ2) is 17.4. The Morgan fingerprint density at radius 3 is 1.69 bits per heavy atom. The van der Waals surface area contributed by atoms with E-state index in [1.165, 1.54) is 0 Å². The van der Waals surface area contributed by atoms with Gasteiger partial charge in [-0.3, -0.25) is 9.59 Å². The fraction of sp³-hybridized carbons (Fsp3) is 0.235. The first-order valence-electron chi connectivity index (χ1n) is 14.7. The molecule has 0 aliphatic heterocycles. The van der Waals surface area contributed by atoms with Crippen LogP contribution in [0.15, 0.2) is 81.7 Å². The average Bonchev–Trinajstić information content (AvgIpc) is 3.02. The molecule has 1 atom stereocenters. The predicted octanol–water partition coefficient (Wildman–Crippen LogP) is 6.00. The third-order valence-electron chi connectivity index (χ3n) is 7.44. The van der Waals surface area contributed by atoms with Gasteiger partial charge in [-0.2, -0.15) is 0 Å². The van der Waals surface area contributed by atoms with Gasteiger partial charge in [-0.1, -0.05) is 48.5 Å². The largest absolute Gasteiger partial charge is 0.488 e. The van der Waals surface area contributed by atoms with Crippen LogP contribution < -0.4 is 18.9 Å². The summed E-state index contributed by atoms with van der Waals surface area (Å²) in [6.07, 6.45) is 0. The highest BCUT2D eigenvalue weighted by molar-refractivity contribution is 9.11. The Bertz CT molecular complexity index is 1990. The Balaban J connectivity index is 1.41. The van der Waals surface area contributed by atoms with Gasteiger partial charge in [-0.15, -0.1) is 0 Å². The van der Waals surface area contributed by atoms with Gasteiger partial charge in [0, 0.05) is 13.1 Å². The van der Waals surface area contributed by atoms with E-state index in [0.717, 1.165) is 43.4 Å². The molecule has 0 saturated heterocycles. The number of aliphatic carboxylic acids is 2. The van der Waals surface area contributed by atoms with Crippen LogP contribution >= 0.6 is 31.9 Å². The predicted molar refractivity (Wildman–Crippen MR) is 194 cm³/mol. The molecular formula is C34H34Br2N2O9S2. The molecule has 0 heterocycles. The van der Waals surface area contributed by atoms with Gasteiger partial charge in [0.15, 0.2) is 5.75 Å². The summed E-state index contributed by atoms with van der Waals surface area (Å²) in [7, 11) is -5.61. The lowest BCUT2D eigenvalue weighted by Crippen LogP contribution is -2.29. The number of carboxylic acid groups (broad SMARTS) is 2. The number of benzene rings is 4. The van der Waals surface area contributed by atoms with Crippen LogP contribution in [0.25, 0.3) is 11.1 Å². The maximum Gasteiger partial charge on any atom is 0.320 e. The van der Waals surface area contributed by atoms with Gasteiger partial charge in [-0.05, 0) is 114 Å². The third kappa shape index (κ3) is 11.2. The van der Waals surface area contributed by atoms with Crippen LogP contribution in [0.2, 0.25) is 0 Å². The maximum absolute atomic E-state index is 11.8. The van der Waals surface area contributed by atoms with Gasteiger partial charge in [0.05, 0.1) is 8.95 Å². The first-order valence-corrected chi connectivity index (χ1v) is 19.3. The number of carbonyl (C=O) groups is 2. The topological polar surface area (TPSA) is 168 Å². The zero-order valence-corrected chi connectivity index (χ0v) is 31.3. The van der Waals surface area contributed by atoms with Crippen molar-refractivity contribution in [3.05, 3.63) is 115 Å². The molecule has 0 saturated carbocycles. The summed E-state index contributed by atoms with van der Waals surface area (Å²) in [6.45, 7) is 4.91. The molecule has 0 aliphatic rings. The molecule has 1 unspecified atom stereocenters. The minimum absolute atomic E-state index is 0.0535. The van der Waals surface area contributed by atoms with E-state index in [2.05, 4.69) is 60.4 Å². The van der Waals surface area contributed by atoms with Gasteiger partial charge in [-0.25, -0.2) is 22.1 Å². The highest BCUT2D eigenvalue weighted by Crippen LogP contribution is 2.33. The van der Waals surface area contributed by atoms with Crippen LogP contribution in [0.3, 0.4) is 0 Å². The summed E-state index contributed by atoms with van der Waals surface area (Å²) in [5.41, 5.74) is 7.69. The Kier molecular flexibility index (Phi) is 13.5. The normalized spacial score (nSPS) is 12.0. The van der Waals surface area contributed by atoms with E-state index >= 15 is 0 Å². The summed E-state index contributed by atoms with van der Waals surface area (Å²) in [5, 5.41) is 17.5. The van der Waals surface area contributed by atoms with Crippen LogP contribution in [0.5, 0.6) is 11.5 Å². The van der Waals surface area contributed by atoms with Gasteiger partial charge in [0.25, 0.3) is 0 Å². The fourth-order valence-electron chi connectivity index (χ4n) is 4.85. The number of nitrogens with one attached hydrogen (secondary N) is 2. The SMILES string of the molecule is Cc1c(COc2ccc(CNS(=O)CC(=O)O)cc2Br)cccc1-c1cccc(COc2ccc(CNS(=O)(=O)CC(=O)O)cc2Br)c1C. The first kappa shape index (κ1) is 38.2. The smallest absolute Gasteiger partial charge is 0.320 e. The summed E-state index contributed by atoms with van der Waals surface area (Å²) < 4.78 is 54.0. The van der Waals surface area contributed by atoms with Crippen molar-refractivity contribution in [1.29, 1.82) is 0 Å². The second-order valence-corrected chi connectivity index (χ2v) is 15.7.